The zero-order chi connectivity index (χ0) is 18.2. The Labute approximate surface area is 157 Å². The summed E-state index contributed by atoms with van der Waals surface area (Å²) in [5.74, 6) is 1.63. The van der Waals surface area contributed by atoms with Crippen LogP contribution in [0.1, 0.15) is 30.4 Å². The lowest BCUT2D eigenvalue weighted by atomic mass is 9.97. The maximum Gasteiger partial charge on any atom is 0.220 e. The Balaban J connectivity index is 1.87. The summed E-state index contributed by atoms with van der Waals surface area (Å²) in [6, 6.07) is 13.9. The molecule has 0 radical (unpaired) electrons. The SMILES string of the molecule is COc1cc(Br)c(CCNC(=O)CC(C)c2ccccc2)cc1OC. The van der Waals surface area contributed by atoms with E-state index in [0.717, 1.165) is 10.0 Å². The van der Waals surface area contributed by atoms with E-state index in [2.05, 4.69) is 40.3 Å². The number of methoxy groups -OCH3 is 2. The quantitative estimate of drug-likeness (QED) is 0.711. The zero-order valence-electron chi connectivity index (χ0n) is 14.8. The van der Waals surface area contributed by atoms with Gasteiger partial charge in [-0.15, -0.1) is 0 Å². The fraction of sp³-hybridized carbons (Fsp3) is 0.350. The molecule has 1 N–H and O–H groups in total. The van der Waals surface area contributed by atoms with Crippen LogP contribution in [-0.2, 0) is 11.2 Å². The lowest BCUT2D eigenvalue weighted by Crippen LogP contribution is -2.26. The highest BCUT2D eigenvalue weighted by atomic mass is 79.9. The molecule has 0 spiro atoms. The molecule has 134 valence electrons. The van der Waals surface area contributed by atoms with Crippen LogP contribution in [-0.4, -0.2) is 26.7 Å². The Morgan fingerprint density at radius 2 is 1.76 bits per heavy atom. The van der Waals surface area contributed by atoms with Crippen molar-refractivity contribution in [1.82, 2.24) is 5.32 Å². The first kappa shape index (κ1) is 19.3. The molecule has 0 heterocycles. The summed E-state index contributed by atoms with van der Waals surface area (Å²) in [5.41, 5.74) is 2.24. The van der Waals surface area contributed by atoms with Gasteiger partial charge in [-0.25, -0.2) is 0 Å². The molecule has 0 saturated heterocycles. The van der Waals surface area contributed by atoms with E-state index in [9.17, 15) is 4.79 Å². The average molecular weight is 406 g/mol. The third-order valence-corrected chi connectivity index (χ3v) is 4.87. The molecule has 0 aliphatic carbocycles. The minimum atomic E-state index is 0.0629. The molecule has 0 fully saturated rings. The molecule has 25 heavy (non-hydrogen) atoms. The number of benzene rings is 2. The van der Waals surface area contributed by atoms with Gasteiger partial charge in [-0.3, -0.25) is 4.79 Å². The van der Waals surface area contributed by atoms with Gasteiger partial charge in [-0.05, 0) is 35.6 Å². The van der Waals surface area contributed by atoms with Crippen molar-refractivity contribution in [3.05, 3.63) is 58.1 Å². The van der Waals surface area contributed by atoms with E-state index in [-0.39, 0.29) is 11.8 Å². The first-order valence-electron chi connectivity index (χ1n) is 8.27. The van der Waals surface area contributed by atoms with E-state index in [4.69, 9.17) is 9.47 Å². The Morgan fingerprint density at radius 1 is 1.12 bits per heavy atom. The first-order chi connectivity index (χ1) is 12.0. The van der Waals surface area contributed by atoms with Crippen LogP contribution >= 0.6 is 15.9 Å². The fourth-order valence-corrected chi connectivity index (χ4v) is 3.19. The van der Waals surface area contributed by atoms with Crippen molar-refractivity contribution in [2.45, 2.75) is 25.7 Å². The molecule has 0 aliphatic heterocycles. The number of carbonyl (C=O) groups excluding carboxylic acids is 1. The zero-order valence-corrected chi connectivity index (χ0v) is 16.4. The highest BCUT2D eigenvalue weighted by Crippen LogP contribution is 2.33. The van der Waals surface area contributed by atoms with Gasteiger partial charge in [0.25, 0.3) is 0 Å². The Morgan fingerprint density at radius 3 is 2.40 bits per heavy atom. The van der Waals surface area contributed by atoms with Crippen molar-refractivity contribution in [1.29, 1.82) is 0 Å². The van der Waals surface area contributed by atoms with E-state index < -0.39 is 0 Å². The number of hydrogen-bond donors (Lipinski definition) is 1. The molecule has 1 atom stereocenters. The van der Waals surface area contributed by atoms with Gasteiger partial charge in [0.1, 0.15) is 0 Å². The van der Waals surface area contributed by atoms with Crippen molar-refractivity contribution < 1.29 is 14.3 Å². The van der Waals surface area contributed by atoms with Crippen LogP contribution in [0.15, 0.2) is 46.9 Å². The molecular weight excluding hydrogens is 382 g/mol. The van der Waals surface area contributed by atoms with Gasteiger partial charge in [0.15, 0.2) is 11.5 Å². The van der Waals surface area contributed by atoms with Crippen molar-refractivity contribution in [2.24, 2.45) is 0 Å². The van der Waals surface area contributed by atoms with Gasteiger partial charge in [-0.1, -0.05) is 53.2 Å². The standard InChI is InChI=1S/C20H24BrNO3/c1-14(15-7-5-4-6-8-15)11-20(23)22-10-9-16-12-18(24-2)19(25-3)13-17(16)21/h4-8,12-14H,9-11H2,1-3H3,(H,22,23). The van der Waals surface area contributed by atoms with Crippen LogP contribution in [0.2, 0.25) is 0 Å². The lowest BCUT2D eigenvalue weighted by Gasteiger charge is -2.14. The number of amides is 1. The monoisotopic (exact) mass is 405 g/mol. The molecule has 0 bridgehead atoms. The molecule has 5 heteroatoms. The second-order valence-electron chi connectivity index (χ2n) is 5.91. The summed E-state index contributed by atoms with van der Waals surface area (Å²) >= 11 is 3.54. The van der Waals surface area contributed by atoms with E-state index in [1.54, 1.807) is 14.2 Å². The smallest absolute Gasteiger partial charge is 0.220 e. The minimum Gasteiger partial charge on any atom is -0.493 e. The van der Waals surface area contributed by atoms with Crippen molar-refractivity contribution in [3.63, 3.8) is 0 Å². The highest BCUT2D eigenvalue weighted by Gasteiger charge is 2.12. The average Bonchev–Trinajstić information content (AvgIpc) is 2.63. The van der Waals surface area contributed by atoms with Crippen molar-refractivity contribution in [2.75, 3.05) is 20.8 Å². The molecule has 2 aromatic rings. The van der Waals surface area contributed by atoms with Crippen molar-refractivity contribution >= 4 is 21.8 Å². The summed E-state index contributed by atoms with van der Waals surface area (Å²) in [5, 5.41) is 2.99. The maximum atomic E-state index is 12.2. The third kappa shape index (κ3) is 5.49. The van der Waals surface area contributed by atoms with E-state index >= 15 is 0 Å². The summed E-state index contributed by atoms with van der Waals surface area (Å²) in [6.07, 6.45) is 1.20. The second kappa shape index (κ2) is 9.47. The summed E-state index contributed by atoms with van der Waals surface area (Å²) in [6.45, 7) is 2.65. The molecule has 2 rings (SSSR count). The molecular formula is C20H24BrNO3. The predicted octanol–water partition coefficient (Wildman–Crippen LogP) is 4.32. The normalized spacial score (nSPS) is 11.7. The highest BCUT2D eigenvalue weighted by molar-refractivity contribution is 9.10. The van der Waals surface area contributed by atoms with Gasteiger partial charge in [0, 0.05) is 17.4 Å². The Bertz CT molecular complexity index is 704. The Kier molecular flexibility index (Phi) is 7.31. The van der Waals surface area contributed by atoms with Crippen LogP contribution in [0.3, 0.4) is 0 Å². The number of rotatable bonds is 8. The number of hydrogen-bond acceptors (Lipinski definition) is 3. The van der Waals surface area contributed by atoms with Gasteiger partial charge < -0.3 is 14.8 Å². The van der Waals surface area contributed by atoms with Crippen LogP contribution in [0, 0.1) is 0 Å². The topological polar surface area (TPSA) is 47.6 Å². The molecule has 1 unspecified atom stereocenters. The number of carbonyl (C=O) groups is 1. The number of ether oxygens (including phenoxy) is 2. The van der Waals surface area contributed by atoms with Crippen LogP contribution in [0.5, 0.6) is 11.5 Å². The van der Waals surface area contributed by atoms with Crippen LogP contribution < -0.4 is 14.8 Å². The molecule has 4 nitrogen and oxygen atoms in total. The summed E-state index contributed by atoms with van der Waals surface area (Å²) in [7, 11) is 3.22. The number of halogens is 1. The van der Waals surface area contributed by atoms with Gasteiger partial charge in [0.2, 0.25) is 5.91 Å². The molecule has 1 amide bonds. The van der Waals surface area contributed by atoms with E-state index in [1.165, 1.54) is 5.56 Å². The molecule has 2 aromatic carbocycles. The second-order valence-corrected chi connectivity index (χ2v) is 6.77. The largest absolute Gasteiger partial charge is 0.493 e. The molecule has 0 aromatic heterocycles. The van der Waals surface area contributed by atoms with Crippen LogP contribution in [0.4, 0.5) is 0 Å². The Hall–Kier alpha value is -2.01. The van der Waals surface area contributed by atoms with Gasteiger partial charge >= 0.3 is 0 Å². The van der Waals surface area contributed by atoms with E-state index in [0.29, 0.717) is 30.9 Å². The number of nitrogens with one attached hydrogen (secondary N) is 1. The predicted molar refractivity (Wildman–Crippen MR) is 103 cm³/mol. The minimum absolute atomic E-state index is 0.0629. The summed E-state index contributed by atoms with van der Waals surface area (Å²) < 4.78 is 11.5. The molecule has 0 aliphatic rings. The first-order valence-corrected chi connectivity index (χ1v) is 9.06. The van der Waals surface area contributed by atoms with Crippen molar-refractivity contribution in [3.8, 4) is 11.5 Å². The maximum absolute atomic E-state index is 12.2. The summed E-state index contributed by atoms with van der Waals surface area (Å²) in [4.78, 5) is 12.2. The third-order valence-electron chi connectivity index (χ3n) is 4.13. The van der Waals surface area contributed by atoms with Gasteiger partial charge in [0.05, 0.1) is 14.2 Å². The van der Waals surface area contributed by atoms with Crippen LogP contribution in [0.25, 0.3) is 0 Å². The van der Waals surface area contributed by atoms with Gasteiger partial charge in [-0.2, -0.15) is 0 Å². The van der Waals surface area contributed by atoms with E-state index in [1.807, 2.05) is 30.3 Å². The lowest BCUT2D eigenvalue weighted by molar-refractivity contribution is -0.121. The fourth-order valence-electron chi connectivity index (χ4n) is 2.67. The molecule has 0 saturated carbocycles.